The van der Waals surface area contributed by atoms with Gasteiger partial charge in [-0.25, -0.2) is 0 Å². The van der Waals surface area contributed by atoms with E-state index in [1.807, 2.05) is 19.1 Å². The van der Waals surface area contributed by atoms with E-state index in [-0.39, 0.29) is 23.8 Å². The number of anilines is 1. The van der Waals surface area contributed by atoms with Gasteiger partial charge in [0.2, 0.25) is 17.7 Å². The number of ether oxygens (including phenoxy) is 3. The first-order valence-electron chi connectivity index (χ1n) is 13.5. The van der Waals surface area contributed by atoms with E-state index in [2.05, 4.69) is 10.6 Å². The van der Waals surface area contributed by atoms with Gasteiger partial charge in [0.1, 0.15) is 17.4 Å². The standard InChI is InChI=1S/C28H37N3O6/c1-3-36-17-7-16-31-24(26(33)30-18-8-5-4-6-9-18)28-15-14-21(37-28)22(23(28)27(31)34)25(32)29-19-10-12-20(35-2)13-11-19/h10-15,18,21-24H,3-9,16-17H2,1-2H3,(H,29,32)(H,30,33)/t21-,22+,23-,24-,28+/m1/s1. The first kappa shape index (κ1) is 25.7. The number of hydrogen-bond acceptors (Lipinski definition) is 6. The van der Waals surface area contributed by atoms with E-state index in [0.29, 0.717) is 37.6 Å². The molecule has 0 aromatic heterocycles. The number of nitrogens with zero attached hydrogens (tertiary/aromatic N) is 1. The van der Waals surface area contributed by atoms with Gasteiger partial charge in [-0.15, -0.1) is 0 Å². The number of rotatable bonds is 10. The van der Waals surface area contributed by atoms with Crippen LogP contribution in [-0.2, 0) is 23.9 Å². The molecule has 2 saturated heterocycles. The molecule has 3 amide bonds. The van der Waals surface area contributed by atoms with Crippen LogP contribution in [0.3, 0.4) is 0 Å². The molecule has 0 radical (unpaired) electrons. The summed E-state index contributed by atoms with van der Waals surface area (Å²) in [6, 6.07) is 6.34. The summed E-state index contributed by atoms with van der Waals surface area (Å²) in [6.45, 7) is 3.38. The third kappa shape index (κ3) is 4.75. The van der Waals surface area contributed by atoms with Crippen molar-refractivity contribution in [3.8, 4) is 5.75 Å². The predicted molar refractivity (Wildman–Crippen MR) is 137 cm³/mol. The van der Waals surface area contributed by atoms with Crippen LogP contribution in [0, 0.1) is 11.8 Å². The molecule has 37 heavy (non-hydrogen) atoms. The summed E-state index contributed by atoms with van der Waals surface area (Å²) in [5, 5.41) is 6.14. The lowest BCUT2D eigenvalue weighted by Crippen LogP contribution is -2.56. The number of carbonyl (C=O) groups is 3. The maximum atomic E-state index is 13.9. The molecule has 5 rings (SSSR count). The van der Waals surface area contributed by atoms with E-state index in [1.54, 1.807) is 36.3 Å². The van der Waals surface area contributed by atoms with Crippen LogP contribution in [-0.4, -0.2) is 73.3 Å². The number of hydrogen-bond donors (Lipinski definition) is 2. The zero-order valence-corrected chi connectivity index (χ0v) is 21.6. The summed E-state index contributed by atoms with van der Waals surface area (Å²) >= 11 is 0. The van der Waals surface area contributed by atoms with Crippen molar-refractivity contribution < 1.29 is 28.6 Å². The van der Waals surface area contributed by atoms with Crippen molar-refractivity contribution in [2.45, 2.75) is 69.2 Å². The zero-order chi connectivity index (χ0) is 26.0. The third-order valence-corrected chi connectivity index (χ3v) is 8.13. The Morgan fingerprint density at radius 3 is 2.59 bits per heavy atom. The molecule has 4 aliphatic rings. The van der Waals surface area contributed by atoms with E-state index in [9.17, 15) is 14.4 Å². The fourth-order valence-electron chi connectivity index (χ4n) is 6.42. The zero-order valence-electron chi connectivity index (χ0n) is 21.6. The molecule has 0 unspecified atom stereocenters. The molecular formula is C28H37N3O6. The van der Waals surface area contributed by atoms with Gasteiger partial charge in [-0.05, 0) is 50.5 Å². The smallest absolute Gasteiger partial charge is 0.246 e. The molecule has 9 nitrogen and oxygen atoms in total. The van der Waals surface area contributed by atoms with Crippen molar-refractivity contribution >= 4 is 23.4 Å². The number of likely N-dealkylation sites (tertiary alicyclic amines) is 1. The fraction of sp³-hybridized carbons (Fsp3) is 0.607. The highest BCUT2D eigenvalue weighted by atomic mass is 16.5. The average Bonchev–Trinajstić information content (AvgIpc) is 3.55. The molecule has 3 fully saturated rings. The number of nitrogens with one attached hydrogen (secondary N) is 2. The molecule has 9 heteroatoms. The molecule has 1 spiro atoms. The maximum Gasteiger partial charge on any atom is 0.246 e. The summed E-state index contributed by atoms with van der Waals surface area (Å²) in [7, 11) is 1.58. The first-order valence-corrected chi connectivity index (χ1v) is 13.5. The fourth-order valence-corrected chi connectivity index (χ4v) is 6.42. The van der Waals surface area contributed by atoms with Crippen LogP contribution in [0.2, 0.25) is 0 Å². The van der Waals surface area contributed by atoms with Gasteiger partial charge < -0.3 is 29.7 Å². The number of amides is 3. The van der Waals surface area contributed by atoms with E-state index in [4.69, 9.17) is 14.2 Å². The second-order valence-electron chi connectivity index (χ2n) is 10.3. The van der Waals surface area contributed by atoms with Crippen molar-refractivity contribution in [3.05, 3.63) is 36.4 Å². The van der Waals surface area contributed by atoms with Crippen molar-refractivity contribution in [3.63, 3.8) is 0 Å². The van der Waals surface area contributed by atoms with E-state index in [1.165, 1.54) is 6.42 Å². The third-order valence-electron chi connectivity index (χ3n) is 8.13. The minimum atomic E-state index is -1.14. The van der Waals surface area contributed by atoms with Crippen LogP contribution >= 0.6 is 0 Å². The Morgan fingerprint density at radius 2 is 1.89 bits per heavy atom. The van der Waals surface area contributed by atoms with Crippen molar-refractivity contribution in [1.82, 2.24) is 10.2 Å². The van der Waals surface area contributed by atoms with Crippen LogP contribution in [0.15, 0.2) is 36.4 Å². The minimum Gasteiger partial charge on any atom is -0.497 e. The lowest BCUT2D eigenvalue weighted by atomic mass is 9.74. The molecule has 2 N–H and O–H groups in total. The summed E-state index contributed by atoms with van der Waals surface area (Å²) in [5.74, 6) is -1.48. The molecule has 200 valence electrons. The summed E-state index contributed by atoms with van der Waals surface area (Å²) < 4.78 is 17.1. The first-order chi connectivity index (χ1) is 18.0. The Labute approximate surface area is 217 Å². The molecule has 2 bridgehead atoms. The van der Waals surface area contributed by atoms with Gasteiger partial charge in [-0.1, -0.05) is 31.4 Å². The highest BCUT2D eigenvalue weighted by Gasteiger charge is 2.72. The summed E-state index contributed by atoms with van der Waals surface area (Å²) in [4.78, 5) is 42.8. The predicted octanol–water partition coefficient (Wildman–Crippen LogP) is 2.66. The monoisotopic (exact) mass is 511 g/mol. The molecular weight excluding hydrogens is 474 g/mol. The molecule has 1 aliphatic carbocycles. The van der Waals surface area contributed by atoms with Crippen LogP contribution in [0.1, 0.15) is 45.4 Å². The second-order valence-corrected chi connectivity index (χ2v) is 10.3. The topological polar surface area (TPSA) is 106 Å². The minimum absolute atomic E-state index is 0.105. The van der Waals surface area contributed by atoms with Gasteiger partial charge in [-0.2, -0.15) is 0 Å². The largest absolute Gasteiger partial charge is 0.497 e. The van der Waals surface area contributed by atoms with E-state index < -0.39 is 29.6 Å². The van der Waals surface area contributed by atoms with Crippen molar-refractivity contribution in [1.29, 1.82) is 0 Å². The van der Waals surface area contributed by atoms with Gasteiger partial charge in [0.15, 0.2) is 0 Å². The Morgan fingerprint density at radius 1 is 1.14 bits per heavy atom. The highest BCUT2D eigenvalue weighted by Crippen LogP contribution is 2.55. The van der Waals surface area contributed by atoms with Crippen LogP contribution < -0.4 is 15.4 Å². The van der Waals surface area contributed by atoms with Gasteiger partial charge in [-0.3, -0.25) is 14.4 Å². The quantitative estimate of drug-likeness (QED) is 0.370. The normalized spacial score (nSPS) is 30.4. The molecule has 1 saturated carbocycles. The molecule has 1 aromatic carbocycles. The van der Waals surface area contributed by atoms with Crippen LogP contribution in [0.4, 0.5) is 5.69 Å². The van der Waals surface area contributed by atoms with Crippen LogP contribution in [0.5, 0.6) is 5.75 Å². The van der Waals surface area contributed by atoms with Gasteiger partial charge >= 0.3 is 0 Å². The van der Waals surface area contributed by atoms with Gasteiger partial charge in [0.05, 0.1) is 25.0 Å². The lowest BCUT2D eigenvalue weighted by Gasteiger charge is -2.34. The van der Waals surface area contributed by atoms with Gasteiger partial charge in [0, 0.05) is 31.5 Å². The number of methoxy groups -OCH3 is 1. The Hall–Kier alpha value is -2.91. The second kappa shape index (κ2) is 10.8. The summed E-state index contributed by atoms with van der Waals surface area (Å²) in [5.41, 5.74) is -0.536. The van der Waals surface area contributed by atoms with Crippen molar-refractivity contribution in [2.75, 3.05) is 32.2 Å². The molecule has 5 atom stereocenters. The average molecular weight is 512 g/mol. The van der Waals surface area contributed by atoms with Crippen molar-refractivity contribution in [2.24, 2.45) is 11.8 Å². The van der Waals surface area contributed by atoms with Crippen LogP contribution in [0.25, 0.3) is 0 Å². The Kier molecular flexibility index (Phi) is 7.53. The maximum absolute atomic E-state index is 13.9. The summed E-state index contributed by atoms with van der Waals surface area (Å²) in [6.07, 6.45) is 8.99. The number of fused-ring (bicyclic) bond motifs is 1. The SMILES string of the molecule is CCOCCCN1C(=O)[C@H]2[C@@H](C(=O)Nc3ccc(OC)cc3)[C@H]3C=C[C@@]2(O3)[C@H]1C(=O)NC1CCCCC1. The molecule has 3 aliphatic heterocycles. The Balaban J connectivity index is 1.39. The Bertz CT molecular complexity index is 1040. The van der Waals surface area contributed by atoms with E-state index in [0.717, 1.165) is 25.7 Å². The lowest BCUT2D eigenvalue weighted by molar-refractivity contribution is -0.141. The number of carbonyl (C=O) groups excluding carboxylic acids is 3. The number of benzene rings is 1. The van der Waals surface area contributed by atoms with Gasteiger partial charge in [0.25, 0.3) is 0 Å². The molecule has 1 aromatic rings. The molecule has 3 heterocycles. The van der Waals surface area contributed by atoms with E-state index >= 15 is 0 Å². The highest BCUT2D eigenvalue weighted by molar-refractivity contribution is 6.02.